The number of rotatable bonds is 2. The normalized spacial score (nSPS) is 13.9. The third-order valence-electron chi connectivity index (χ3n) is 4.43. The highest BCUT2D eigenvalue weighted by Crippen LogP contribution is 2.36. The summed E-state index contributed by atoms with van der Waals surface area (Å²) in [6, 6.07) is 5.96. The average molecular weight is 390 g/mol. The number of fused-ring (bicyclic) bond motifs is 1. The van der Waals surface area contributed by atoms with E-state index in [4.69, 9.17) is 11.6 Å². The number of benzene rings is 1. The maximum Gasteiger partial charge on any atom is 0.259 e. The molecule has 1 aromatic heterocycles. The Labute approximate surface area is 162 Å². The molecule has 2 aromatic rings. The molecule has 7 heteroatoms. The predicted molar refractivity (Wildman–Crippen MR) is 104 cm³/mol. The molecule has 0 aliphatic carbocycles. The first-order valence-electron chi connectivity index (χ1n) is 8.75. The molecule has 142 valence electrons. The van der Waals surface area contributed by atoms with Gasteiger partial charge in [-0.05, 0) is 37.1 Å². The first-order valence-corrected chi connectivity index (χ1v) is 9.12. The summed E-state index contributed by atoms with van der Waals surface area (Å²) < 4.78 is 14.1. The van der Waals surface area contributed by atoms with Crippen LogP contribution in [0.15, 0.2) is 30.5 Å². The number of carbonyl (C=O) groups excluding carboxylic acids is 2. The second-order valence-electron chi connectivity index (χ2n) is 7.55. The predicted octanol–water partition coefficient (Wildman–Crippen LogP) is 4.45. The first-order chi connectivity index (χ1) is 12.7. The lowest BCUT2D eigenvalue weighted by Gasteiger charge is -2.30. The maximum atomic E-state index is 14.1. The highest BCUT2D eigenvalue weighted by Gasteiger charge is 2.28. The molecule has 0 radical (unpaired) electrons. The number of pyridine rings is 1. The molecule has 0 fully saturated rings. The topological polar surface area (TPSA) is 62.3 Å². The second-order valence-corrected chi connectivity index (χ2v) is 7.96. The summed E-state index contributed by atoms with van der Waals surface area (Å²) in [4.78, 5) is 30.6. The summed E-state index contributed by atoms with van der Waals surface area (Å²) >= 11 is 6.24. The number of anilines is 2. The van der Waals surface area contributed by atoms with E-state index in [9.17, 15) is 14.0 Å². The van der Waals surface area contributed by atoms with Gasteiger partial charge in [0, 0.05) is 23.7 Å². The number of halogens is 2. The fourth-order valence-corrected chi connectivity index (χ4v) is 3.17. The van der Waals surface area contributed by atoms with Crippen molar-refractivity contribution < 1.29 is 14.0 Å². The fourth-order valence-electron chi connectivity index (χ4n) is 2.90. The van der Waals surface area contributed by atoms with Gasteiger partial charge in [0.1, 0.15) is 11.6 Å². The molecule has 0 saturated carbocycles. The van der Waals surface area contributed by atoms with E-state index < -0.39 is 5.41 Å². The number of nitrogens with zero attached hydrogens (tertiary/aromatic N) is 2. The first kappa shape index (κ1) is 19.3. The van der Waals surface area contributed by atoms with E-state index in [2.05, 4.69) is 10.3 Å². The van der Waals surface area contributed by atoms with E-state index >= 15 is 0 Å². The Balaban J connectivity index is 1.84. The van der Waals surface area contributed by atoms with E-state index in [1.165, 1.54) is 23.2 Å². The zero-order valence-electron chi connectivity index (χ0n) is 15.5. The molecule has 27 heavy (non-hydrogen) atoms. The van der Waals surface area contributed by atoms with Crippen LogP contribution in [-0.4, -0.2) is 23.3 Å². The monoisotopic (exact) mass is 389 g/mol. The Morgan fingerprint density at radius 3 is 2.59 bits per heavy atom. The smallest absolute Gasteiger partial charge is 0.259 e. The van der Waals surface area contributed by atoms with Gasteiger partial charge < -0.3 is 10.2 Å². The summed E-state index contributed by atoms with van der Waals surface area (Å²) in [5, 5.41) is 3.06. The van der Waals surface area contributed by atoms with Crippen LogP contribution in [0.3, 0.4) is 0 Å². The van der Waals surface area contributed by atoms with Gasteiger partial charge in [-0.2, -0.15) is 0 Å². The molecular formula is C20H21ClFN3O2. The quantitative estimate of drug-likeness (QED) is 0.825. The van der Waals surface area contributed by atoms with Crippen LogP contribution in [0, 0.1) is 11.2 Å². The lowest BCUT2D eigenvalue weighted by Crippen LogP contribution is -2.36. The van der Waals surface area contributed by atoms with Crippen LogP contribution in [-0.2, 0) is 11.2 Å². The number of nitrogens with one attached hydrogen (secondary N) is 1. The summed E-state index contributed by atoms with van der Waals surface area (Å²) in [6.07, 6.45) is 2.60. The van der Waals surface area contributed by atoms with Gasteiger partial charge in [0.2, 0.25) is 5.91 Å². The highest BCUT2D eigenvalue weighted by molar-refractivity contribution is 6.34. The Bertz CT molecular complexity index is 891. The molecule has 1 aromatic carbocycles. The summed E-state index contributed by atoms with van der Waals surface area (Å²) in [5.41, 5.74) is 0.688. The van der Waals surface area contributed by atoms with Crippen molar-refractivity contribution in [2.24, 2.45) is 5.41 Å². The van der Waals surface area contributed by atoms with Gasteiger partial charge in [-0.25, -0.2) is 9.37 Å². The van der Waals surface area contributed by atoms with E-state index in [1.807, 2.05) is 0 Å². The number of hydrogen-bond acceptors (Lipinski definition) is 3. The molecule has 3 rings (SSSR count). The molecular weight excluding hydrogens is 369 g/mol. The van der Waals surface area contributed by atoms with Crippen molar-refractivity contribution in [1.82, 2.24) is 4.98 Å². The Morgan fingerprint density at radius 2 is 1.96 bits per heavy atom. The minimum absolute atomic E-state index is 0.165. The number of carbonyl (C=O) groups is 2. The van der Waals surface area contributed by atoms with E-state index in [-0.39, 0.29) is 17.6 Å². The molecule has 0 saturated heterocycles. The minimum Gasteiger partial charge on any atom is -0.310 e. The number of hydrogen-bond donors (Lipinski definition) is 1. The lowest BCUT2D eigenvalue weighted by molar-refractivity contribution is -0.123. The molecule has 0 bridgehead atoms. The Morgan fingerprint density at radius 1 is 1.22 bits per heavy atom. The third kappa shape index (κ3) is 3.95. The van der Waals surface area contributed by atoms with Gasteiger partial charge in [-0.3, -0.25) is 9.59 Å². The summed E-state index contributed by atoms with van der Waals surface area (Å²) in [7, 11) is 0. The molecule has 0 spiro atoms. The lowest BCUT2D eigenvalue weighted by atomic mass is 9.96. The van der Waals surface area contributed by atoms with Crippen LogP contribution in [0.2, 0.25) is 5.02 Å². The van der Waals surface area contributed by atoms with Crippen molar-refractivity contribution >= 4 is 34.9 Å². The van der Waals surface area contributed by atoms with E-state index in [0.29, 0.717) is 47.0 Å². The van der Waals surface area contributed by atoms with Crippen LogP contribution in [0.1, 0.15) is 43.1 Å². The van der Waals surface area contributed by atoms with E-state index in [0.717, 1.165) is 0 Å². The van der Waals surface area contributed by atoms with E-state index in [1.54, 1.807) is 32.9 Å². The van der Waals surface area contributed by atoms with Crippen LogP contribution in [0.25, 0.3) is 0 Å². The zero-order valence-corrected chi connectivity index (χ0v) is 16.2. The summed E-state index contributed by atoms with van der Waals surface area (Å²) in [5.74, 6) is -0.453. The molecule has 2 amide bonds. The van der Waals surface area contributed by atoms with Crippen molar-refractivity contribution in [1.29, 1.82) is 0 Å². The molecule has 1 aliphatic rings. The molecule has 0 unspecified atom stereocenters. The molecule has 1 aliphatic heterocycles. The Hall–Kier alpha value is -2.47. The molecule has 1 N–H and O–H groups in total. The van der Waals surface area contributed by atoms with Gasteiger partial charge >= 0.3 is 0 Å². The van der Waals surface area contributed by atoms with Gasteiger partial charge in [-0.1, -0.05) is 32.4 Å². The van der Waals surface area contributed by atoms with Crippen molar-refractivity contribution in [3.05, 3.63) is 52.4 Å². The largest absolute Gasteiger partial charge is 0.310 e. The third-order valence-corrected chi connectivity index (χ3v) is 4.74. The highest BCUT2D eigenvalue weighted by atomic mass is 35.5. The number of amides is 2. The van der Waals surface area contributed by atoms with Gasteiger partial charge in [0.25, 0.3) is 5.91 Å². The van der Waals surface area contributed by atoms with Crippen molar-refractivity contribution in [3.63, 3.8) is 0 Å². The summed E-state index contributed by atoms with van der Waals surface area (Å²) in [6.45, 7) is 5.86. The second kappa shape index (κ2) is 7.27. The molecule has 5 nitrogen and oxygen atoms in total. The molecule has 0 atom stereocenters. The van der Waals surface area contributed by atoms with Crippen molar-refractivity contribution in [3.8, 4) is 0 Å². The van der Waals surface area contributed by atoms with Gasteiger partial charge in [0.05, 0.1) is 16.3 Å². The zero-order chi connectivity index (χ0) is 19.8. The van der Waals surface area contributed by atoms with Gasteiger partial charge in [0.15, 0.2) is 0 Å². The van der Waals surface area contributed by atoms with Crippen molar-refractivity contribution in [2.75, 3.05) is 16.8 Å². The SMILES string of the molecule is CC(C)(C)C(=O)Nc1ccc(C(=O)N2CCCc3c(F)ccc(Cl)c32)cn1. The van der Waals surface area contributed by atoms with Gasteiger partial charge in [-0.15, -0.1) is 0 Å². The standard InChI is InChI=1S/C20H21ClFN3O2/c1-20(2,3)19(27)24-16-9-6-12(11-23-16)18(26)25-10-4-5-13-15(22)8-7-14(21)17(13)25/h6-9,11H,4-5,10H2,1-3H3,(H,23,24,27). The minimum atomic E-state index is -0.547. The van der Waals surface area contributed by atoms with Crippen LogP contribution < -0.4 is 10.2 Å². The number of aromatic nitrogens is 1. The van der Waals surface area contributed by atoms with Crippen molar-refractivity contribution in [2.45, 2.75) is 33.6 Å². The van der Waals surface area contributed by atoms with Crippen LogP contribution in [0.5, 0.6) is 0 Å². The van der Waals surface area contributed by atoms with Crippen LogP contribution >= 0.6 is 11.6 Å². The van der Waals surface area contributed by atoms with Crippen LogP contribution in [0.4, 0.5) is 15.9 Å². The maximum absolute atomic E-state index is 14.1. The fraction of sp³-hybridized carbons (Fsp3) is 0.350. The average Bonchev–Trinajstić information content (AvgIpc) is 2.63. The molecule has 2 heterocycles. The Kier molecular flexibility index (Phi) is 5.20.